The molecule has 2 fully saturated rings. The minimum atomic E-state index is 0. The second kappa shape index (κ2) is 9.40. The van der Waals surface area contributed by atoms with Crippen molar-refractivity contribution in [2.45, 2.75) is 19.8 Å². The van der Waals surface area contributed by atoms with Gasteiger partial charge in [-0.3, -0.25) is 4.90 Å². The van der Waals surface area contributed by atoms with E-state index in [0.717, 1.165) is 5.92 Å². The Morgan fingerprint density at radius 2 is 1.65 bits per heavy atom. The van der Waals surface area contributed by atoms with Crippen LogP contribution >= 0.6 is 24.8 Å². The first-order valence-corrected chi connectivity index (χ1v) is 6.54. The fraction of sp³-hybridized carbons (Fsp3) is 1.00. The van der Waals surface area contributed by atoms with Gasteiger partial charge < -0.3 is 10.2 Å². The Hall–Kier alpha value is 0.460. The molecule has 2 saturated heterocycles. The van der Waals surface area contributed by atoms with E-state index in [-0.39, 0.29) is 24.8 Å². The van der Waals surface area contributed by atoms with Crippen LogP contribution in [0.3, 0.4) is 0 Å². The van der Waals surface area contributed by atoms with Crippen LogP contribution < -0.4 is 5.32 Å². The highest BCUT2D eigenvalue weighted by atomic mass is 35.5. The molecule has 5 heteroatoms. The number of hydrogen-bond acceptors (Lipinski definition) is 3. The van der Waals surface area contributed by atoms with Gasteiger partial charge in [0.05, 0.1) is 0 Å². The lowest BCUT2D eigenvalue weighted by Crippen LogP contribution is -2.46. The van der Waals surface area contributed by atoms with Gasteiger partial charge in [0.15, 0.2) is 0 Å². The Labute approximate surface area is 118 Å². The molecule has 17 heavy (non-hydrogen) atoms. The molecule has 0 aromatic carbocycles. The summed E-state index contributed by atoms with van der Waals surface area (Å²) in [6.45, 7) is 12.4. The lowest BCUT2D eigenvalue weighted by molar-refractivity contribution is 0.202. The summed E-state index contributed by atoms with van der Waals surface area (Å²) in [7, 11) is 0. The van der Waals surface area contributed by atoms with Gasteiger partial charge in [0.25, 0.3) is 0 Å². The van der Waals surface area contributed by atoms with Gasteiger partial charge in [-0.05, 0) is 18.9 Å². The summed E-state index contributed by atoms with van der Waals surface area (Å²) < 4.78 is 0. The zero-order valence-electron chi connectivity index (χ0n) is 10.9. The smallest absolute Gasteiger partial charge is 0.0110 e. The quantitative estimate of drug-likeness (QED) is 0.843. The first kappa shape index (κ1) is 17.5. The molecule has 0 spiro atoms. The van der Waals surface area contributed by atoms with Crippen LogP contribution in [0.2, 0.25) is 0 Å². The van der Waals surface area contributed by atoms with E-state index in [0.29, 0.717) is 0 Å². The van der Waals surface area contributed by atoms with Crippen LogP contribution in [0.1, 0.15) is 19.8 Å². The van der Waals surface area contributed by atoms with Gasteiger partial charge in [0.1, 0.15) is 0 Å². The zero-order chi connectivity index (χ0) is 10.5. The van der Waals surface area contributed by atoms with Crippen LogP contribution in [0.15, 0.2) is 0 Å². The molecule has 1 N–H and O–H groups in total. The summed E-state index contributed by atoms with van der Waals surface area (Å²) in [4.78, 5) is 5.24. The Bertz CT molecular complexity index is 187. The standard InChI is InChI=1S/C12H25N3.2ClH/c1-2-12-3-6-15(11-12)10-9-14-7-4-13-5-8-14;;/h12-13H,2-11H2,1H3;2*1H. The third-order valence-electron chi connectivity index (χ3n) is 3.89. The molecule has 2 heterocycles. The van der Waals surface area contributed by atoms with Crippen molar-refractivity contribution in [2.75, 3.05) is 52.4 Å². The molecule has 0 radical (unpaired) electrons. The van der Waals surface area contributed by atoms with Crippen molar-refractivity contribution >= 4 is 24.8 Å². The second-order valence-electron chi connectivity index (χ2n) is 4.96. The molecule has 2 aliphatic heterocycles. The van der Waals surface area contributed by atoms with Crippen LogP contribution in [-0.4, -0.2) is 62.2 Å². The van der Waals surface area contributed by atoms with Crippen LogP contribution in [0.4, 0.5) is 0 Å². The highest BCUT2D eigenvalue weighted by Crippen LogP contribution is 2.18. The summed E-state index contributed by atoms with van der Waals surface area (Å²) in [5, 5.41) is 3.40. The van der Waals surface area contributed by atoms with Crippen LogP contribution in [0.5, 0.6) is 0 Å². The van der Waals surface area contributed by atoms with Gasteiger partial charge in [-0.25, -0.2) is 0 Å². The molecule has 1 atom stereocenters. The number of halogens is 2. The maximum Gasteiger partial charge on any atom is 0.0110 e. The zero-order valence-corrected chi connectivity index (χ0v) is 12.5. The highest BCUT2D eigenvalue weighted by Gasteiger charge is 2.21. The normalized spacial score (nSPS) is 26.3. The second-order valence-corrected chi connectivity index (χ2v) is 4.96. The molecule has 0 aromatic heterocycles. The van der Waals surface area contributed by atoms with E-state index in [4.69, 9.17) is 0 Å². The minimum absolute atomic E-state index is 0. The molecule has 2 rings (SSSR count). The predicted molar refractivity (Wildman–Crippen MR) is 78.6 cm³/mol. The number of hydrogen-bond donors (Lipinski definition) is 1. The summed E-state index contributed by atoms with van der Waals surface area (Å²) in [6.07, 6.45) is 2.79. The molecule has 1 unspecified atom stereocenters. The van der Waals surface area contributed by atoms with Gasteiger partial charge in [-0.2, -0.15) is 0 Å². The van der Waals surface area contributed by atoms with Gasteiger partial charge in [0, 0.05) is 45.8 Å². The third kappa shape index (κ3) is 5.75. The topological polar surface area (TPSA) is 18.5 Å². The first-order chi connectivity index (χ1) is 7.38. The van der Waals surface area contributed by atoms with Crippen molar-refractivity contribution in [1.82, 2.24) is 15.1 Å². The SMILES string of the molecule is CCC1CCN(CCN2CCNCC2)C1.Cl.Cl. The van der Waals surface area contributed by atoms with E-state index in [1.54, 1.807) is 0 Å². The Morgan fingerprint density at radius 1 is 1.00 bits per heavy atom. The minimum Gasteiger partial charge on any atom is -0.314 e. The van der Waals surface area contributed by atoms with Crippen LogP contribution in [0, 0.1) is 5.92 Å². The lowest BCUT2D eigenvalue weighted by Gasteiger charge is -2.29. The van der Waals surface area contributed by atoms with E-state index >= 15 is 0 Å². The predicted octanol–water partition coefficient (Wildman–Crippen LogP) is 1.47. The molecule has 104 valence electrons. The largest absolute Gasteiger partial charge is 0.314 e. The van der Waals surface area contributed by atoms with E-state index in [9.17, 15) is 0 Å². The van der Waals surface area contributed by atoms with Gasteiger partial charge in [-0.15, -0.1) is 24.8 Å². The number of nitrogens with one attached hydrogen (secondary N) is 1. The van der Waals surface area contributed by atoms with Crippen molar-refractivity contribution in [3.05, 3.63) is 0 Å². The lowest BCUT2D eigenvalue weighted by atomic mass is 10.1. The molecule has 0 aromatic rings. The molecule has 0 saturated carbocycles. The van der Waals surface area contributed by atoms with Gasteiger partial charge >= 0.3 is 0 Å². The average Bonchev–Trinajstić information content (AvgIpc) is 2.76. The summed E-state index contributed by atoms with van der Waals surface area (Å²) in [6, 6.07) is 0. The number of rotatable bonds is 4. The molecular formula is C12H27Cl2N3. The molecular weight excluding hydrogens is 257 g/mol. The average molecular weight is 284 g/mol. The highest BCUT2D eigenvalue weighted by molar-refractivity contribution is 5.85. The molecule has 2 aliphatic rings. The Kier molecular flexibility index (Phi) is 9.65. The maximum absolute atomic E-state index is 3.40. The van der Waals surface area contributed by atoms with Crippen molar-refractivity contribution in [2.24, 2.45) is 5.92 Å². The number of likely N-dealkylation sites (tertiary alicyclic amines) is 1. The third-order valence-corrected chi connectivity index (χ3v) is 3.89. The van der Waals surface area contributed by atoms with Crippen molar-refractivity contribution in [1.29, 1.82) is 0 Å². The van der Waals surface area contributed by atoms with Crippen molar-refractivity contribution in [3.8, 4) is 0 Å². The first-order valence-electron chi connectivity index (χ1n) is 6.54. The van der Waals surface area contributed by atoms with E-state index in [1.807, 2.05) is 0 Å². The number of piperazine rings is 1. The van der Waals surface area contributed by atoms with Gasteiger partial charge in [0.2, 0.25) is 0 Å². The molecule has 0 amide bonds. The molecule has 0 aliphatic carbocycles. The Balaban J connectivity index is 0.00000128. The summed E-state index contributed by atoms with van der Waals surface area (Å²) in [5.74, 6) is 0.980. The molecule has 0 bridgehead atoms. The fourth-order valence-electron chi connectivity index (χ4n) is 2.67. The molecule has 3 nitrogen and oxygen atoms in total. The monoisotopic (exact) mass is 283 g/mol. The van der Waals surface area contributed by atoms with E-state index in [1.165, 1.54) is 65.2 Å². The van der Waals surface area contributed by atoms with Crippen molar-refractivity contribution < 1.29 is 0 Å². The fourth-order valence-corrected chi connectivity index (χ4v) is 2.67. The van der Waals surface area contributed by atoms with Gasteiger partial charge in [-0.1, -0.05) is 13.3 Å². The number of nitrogens with zero attached hydrogens (tertiary/aromatic N) is 2. The van der Waals surface area contributed by atoms with Crippen LogP contribution in [-0.2, 0) is 0 Å². The van der Waals surface area contributed by atoms with E-state index < -0.39 is 0 Å². The van der Waals surface area contributed by atoms with E-state index in [2.05, 4.69) is 22.0 Å². The summed E-state index contributed by atoms with van der Waals surface area (Å²) in [5.41, 5.74) is 0. The summed E-state index contributed by atoms with van der Waals surface area (Å²) >= 11 is 0. The maximum atomic E-state index is 3.40. The Morgan fingerprint density at radius 3 is 2.24 bits per heavy atom. The van der Waals surface area contributed by atoms with Crippen molar-refractivity contribution in [3.63, 3.8) is 0 Å². The van der Waals surface area contributed by atoms with Crippen LogP contribution in [0.25, 0.3) is 0 Å².